The standard InChI is InChI=1S/C12H13N5O3S/c1-14-16-7-4-3-6-5-8(21(19)20)11(17-15-2)12(18)9(6)10(7)13/h3-5,18H,13H2,1-2H3,(H,19,20)/p-1. The molecule has 0 aliphatic heterocycles. The number of anilines is 1. The van der Waals surface area contributed by atoms with Gasteiger partial charge in [-0.2, -0.15) is 20.5 Å². The first-order chi connectivity index (χ1) is 10.0. The van der Waals surface area contributed by atoms with Gasteiger partial charge < -0.3 is 15.4 Å². The average Bonchev–Trinajstić information content (AvgIpc) is 2.44. The normalized spacial score (nSPS) is 13.5. The van der Waals surface area contributed by atoms with Gasteiger partial charge in [-0.15, -0.1) is 0 Å². The first-order valence-electron chi connectivity index (χ1n) is 5.78. The van der Waals surface area contributed by atoms with Crippen molar-refractivity contribution in [1.29, 1.82) is 0 Å². The lowest BCUT2D eigenvalue weighted by Crippen LogP contribution is -1.94. The summed E-state index contributed by atoms with van der Waals surface area (Å²) in [6, 6.07) is 4.55. The molecular weight excluding hydrogens is 294 g/mol. The summed E-state index contributed by atoms with van der Waals surface area (Å²) < 4.78 is 22.5. The van der Waals surface area contributed by atoms with Crippen molar-refractivity contribution >= 4 is 38.9 Å². The lowest BCUT2D eigenvalue weighted by atomic mass is 10.1. The van der Waals surface area contributed by atoms with E-state index in [2.05, 4.69) is 20.5 Å². The van der Waals surface area contributed by atoms with Gasteiger partial charge in [0.1, 0.15) is 11.4 Å². The van der Waals surface area contributed by atoms with Crippen LogP contribution in [0.2, 0.25) is 0 Å². The number of phenolic OH excluding ortho intramolecular Hbond substituents is 1. The summed E-state index contributed by atoms with van der Waals surface area (Å²) in [6.45, 7) is 0. The molecule has 1 unspecified atom stereocenters. The van der Waals surface area contributed by atoms with Crippen LogP contribution in [0.15, 0.2) is 43.6 Å². The maximum absolute atomic E-state index is 11.3. The predicted octanol–water partition coefficient (Wildman–Crippen LogP) is 2.79. The fourth-order valence-electron chi connectivity index (χ4n) is 1.97. The van der Waals surface area contributed by atoms with Gasteiger partial charge in [-0.3, -0.25) is 4.21 Å². The SMILES string of the molecule is CN=Nc1ccc2cc(S(=O)[O-])c(N=NC)c(O)c2c1N. The van der Waals surface area contributed by atoms with Gasteiger partial charge in [0.25, 0.3) is 0 Å². The van der Waals surface area contributed by atoms with Gasteiger partial charge in [-0.25, -0.2) is 0 Å². The van der Waals surface area contributed by atoms with Gasteiger partial charge in [-0.1, -0.05) is 6.07 Å². The molecule has 9 heteroatoms. The van der Waals surface area contributed by atoms with Crippen molar-refractivity contribution in [2.45, 2.75) is 4.90 Å². The Morgan fingerprint density at radius 2 is 1.90 bits per heavy atom. The van der Waals surface area contributed by atoms with E-state index in [1.54, 1.807) is 12.1 Å². The van der Waals surface area contributed by atoms with E-state index in [9.17, 15) is 13.9 Å². The highest BCUT2D eigenvalue weighted by molar-refractivity contribution is 7.79. The number of rotatable bonds is 3. The number of phenols is 1. The summed E-state index contributed by atoms with van der Waals surface area (Å²) in [7, 11) is 2.86. The van der Waals surface area contributed by atoms with Crippen LogP contribution in [0, 0.1) is 0 Å². The number of nitrogens with two attached hydrogens (primary N) is 1. The van der Waals surface area contributed by atoms with Gasteiger partial charge in [0.15, 0.2) is 5.75 Å². The smallest absolute Gasteiger partial charge is 0.154 e. The summed E-state index contributed by atoms with van der Waals surface area (Å²) in [6.07, 6.45) is 0. The molecule has 8 nitrogen and oxygen atoms in total. The van der Waals surface area contributed by atoms with Crippen molar-refractivity contribution in [3.05, 3.63) is 18.2 Å². The molecule has 0 heterocycles. The average molecular weight is 306 g/mol. The fourth-order valence-corrected chi connectivity index (χ4v) is 2.49. The number of fused-ring (bicyclic) bond motifs is 1. The van der Waals surface area contributed by atoms with Crippen LogP contribution in [0.5, 0.6) is 5.75 Å². The molecule has 2 aromatic rings. The Kier molecular flexibility index (Phi) is 4.24. The highest BCUT2D eigenvalue weighted by Crippen LogP contribution is 2.44. The zero-order chi connectivity index (χ0) is 15.6. The summed E-state index contributed by atoms with van der Waals surface area (Å²) >= 11 is -2.57. The lowest BCUT2D eigenvalue weighted by Gasteiger charge is -2.14. The van der Waals surface area contributed by atoms with Crippen molar-refractivity contribution < 1.29 is 13.9 Å². The van der Waals surface area contributed by atoms with Crippen molar-refractivity contribution in [3.63, 3.8) is 0 Å². The quantitative estimate of drug-likeness (QED) is 0.511. The van der Waals surface area contributed by atoms with Crippen LogP contribution >= 0.6 is 0 Å². The molecule has 0 radical (unpaired) electrons. The first-order valence-corrected chi connectivity index (χ1v) is 6.85. The molecule has 110 valence electrons. The minimum atomic E-state index is -2.57. The number of hydrogen-bond acceptors (Lipinski definition) is 8. The van der Waals surface area contributed by atoms with Crippen molar-refractivity contribution in [3.8, 4) is 5.75 Å². The second-order valence-electron chi connectivity index (χ2n) is 4.00. The van der Waals surface area contributed by atoms with E-state index in [0.717, 1.165) is 0 Å². The maximum Gasteiger partial charge on any atom is 0.154 e. The molecule has 0 bridgehead atoms. The van der Waals surface area contributed by atoms with Gasteiger partial charge in [-0.05, 0) is 28.6 Å². The van der Waals surface area contributed by atoms with Gasteiger partial charge >= 0.3 is 0 Å². The number of nitrogens with zero attached hydrogens (tertiary/aromatic N) is 4. The third-order valence-corrected chi connectivity index (χ3v) is 3.49. The maximum atomic E-state index is 11.3. The van der Waals surface area contributed by atoms with E-state index in [0.29, 0.717) is 11.1 Å². The van der Waals surface area contributed by atoms with Crippen LogP contribution in [0.3, 0.4) is 0 Å². The molecule has 0 fully saturated rings. The minimum absolute atomic E-state index is 0.157. The highest BCUT2D eigenvalue weighted by atomic mass is 32.2. The zero-order valence-electron chi connectivity index (χ0n) is 11.3. The summed E-state index contributed by atoms with van der Waals surface area (Å²) in [4.78, 5) is -0.158. The Balaban J connectivity index is 2.93. The third kappa shape index (κ3) is 2.60. The van der Waals surface area contributed by atoms with Gasteiger partial charge in [0.2, 0.25) is 0 Å². The number of aromatic hydroxyl groups is 1. The molecule has 0 saturated carbocycles. The number of azo groups is 2. The Morgan fingerprint density at radius 1 is 1.24 bits per heavy atom. The van der Waals surface area contributed by atoms with Crippen LogP contribution in [0.25, 0.3) is 10.8 Å². The molecule has 0 aliphatic carbocycles. The molecule has 0 spiro atoms. The van der Waals surface area contributed by atoms with Crippen LogP contribution in [-0.2, 0) is 11.1 Å². The predicted molar refractivity (Wildman–Crippen MR) is 78.1 cm³/mol. The van der Waals surface area contributed by atoms with Crippen molar-refractivity contribution in [2.24, 2.45) is 20.5 Å². The number of nitrogen functional groups attached to an aromatic ring is 1. The molecule has 21 heavy (non-hydrogen) atoms. The van der Waals surface area contributed by atoms with Crippen LogP contribution in [-0.4, -0.2) is 28.0 Å². The molecule has 3 N–H and O–H groups in total. The Bertz CT molecular complexity index is 788. The summed E-state index contributed by atoms with van der Waals surface area (Å²) in [5.74, 6) is -0.358. The van der Waals surface area contributed by atoms with Gasteiger partial charge in [0, 0.05) is 14.1 Å². The molecule has 0 aliphatic rings. The Hall–Kier alpha value is -2.39. The summed E-state index contributed by atoms with van der Waals surface area (Å²) in [5.41, 5.74) is 6.36. The van der Waals surface area contributed by atoms with E-state index < -0.39 is 11.1 Å². The number of hydrogen-bond donors (Lipinski definition) is 2. The molecule has 2 rings (SSSR count). The second-order valence-corrected chi connectivity index (χ2v) is 4.91. The molecule has 0 saturated heterocycles. The van der Waals surface area contributed by atoms with Gasteiger partial charge in [0.05, 0.1) is 16.0 Å². The largest absolute Gasteiger partial charge is 0.768 e. The van der Waals surface area contributed by atoms with Crippen molar-refractivity contribution in [1.82, 2.24) is 0 Å². The molecule has 1 atom stereocenters. The fraction of sp³-hybridized carbons (Fsp3) is 0.167. The number of benzene rings is 2. The Labute approximate surface area is 122 Å². The molecule has 0 aromatic heterocycles. The highest BCUT2D eigenvalue weighted by Gasteiger charge is 2.17. The molecule has 2 aromatic carbocycles. The monoisotopic (exact) mass is 306 g/mol. The third-order valence-electron chi connectivity index (χ3n) is 2.82. The van der Waals surface area contributed by atoms with E-state index in [4.69, 9.17) is 5.73 Å². The van der Waals surface area contributed by atoms with Crippen LogP contribution in [0.1, 0.15) is 0 Å². The first kappa shape index (κ1) is 15.0. The molecular formula is C12H12N5O3S-. The van der Waals surface area contributed by atoms with Crippen LogP contribution < -0.4 is 5.73 Å². The molecule has 0 amide bonds. The van der Waals surface area contributed by atoms with E-state index in [1.165, 1.54) is 20.2 Å². The Morgan fingerprint density at radius 3 is 2.48 bits per heavy atom. The minimum Gasteiger partial charge on any atom is -0.768 e. The topological polar surface area (TPSA) is 136 Å². The summed E-state index contributed by atoms with van der Waals surface area (Å²) in [5, 5.41) is 25.7. The van der Waals surface area contributed by atoms with E-state index in [-0.39, 0.29) is 27.4 Å². The van der Waals surface area contributed by atoms with E-state index in [1.807, 2.05) is 0 Å². The zero-order valence-corrected chi connectivity index (χ0v) is 12.1. The second kappa shape index (κ2) is 5.94. The lowest BCUT2D eigenvalue weighted by molar-refractivity contribution is 0.480. The van der Waals surface area contributed by atoms with Crippen LogP contribution in [0.4, 0.5) is 17.1 Å². The van der Waals surface area contributed by atoms with Crippen molar-refractivity contribution in [2.75, 3.05) is 19.8 Å². The van der Waals surface area contributed by atoms with E-state index >= 15 is 0 Å².